The number of hydrogen-bond donors (Lipinski definition) is 3. The number of hydrogen-bond acceptors (Lipinski definition) is 4. The Labute approximate surface area is 105 Å². The molecule has 1 aromatic heterocycles. The van der Waals surface area contributed by atoms with Crippen molar-refractivity contribution < 1.29 is 14.3 Å². The Balaban J connectivity index is 2.10. The number of aromatic carboxylic acids is 1. The van der Waals surface area contributed by atoms with Crippen LogP contribution in [0.5, 0.6) is 0 Å². The maximum atomic E-state index is 13.5. The molecule has 3 N–H and O–H groups in total. The van der Waals surface area contributed by atoms with Crippen molar-refractivity contribution >= 4 is 23.0 Å². The predicted octanol–water partition coefficient (Wildman–Crippen LogP) is 1.89. The number of halogens is 1. The van der Waals surface area contributed by atoms with Gasteiger partial charge in [0, 0.05) is 11.1 Å². The first-order valence-electron chi connectivity index (χ1n) is 4.99. The average Bonchev–Trinajstić information content (AvgIpc) is 2.73. The zero-order chi connectivity index (χ0) is 13.1. The lowest BCUT2D eigenvalue weighted by Gasteiger charge is -2.06. The van der Waals surface area contributed by atoms with E-state index >= 15 is 0 Å². The van der Waals surface area contributed by atoms with Crippen molar-refractivity contribution in [2.45, 2.75) is 6.54 Å². The number of nitrogens with one attached hydrogen (secondary N) is 2. The molecular formula is C11H9FN2O3S. The molecule has 0 saturated heterocycles. The fourth-order valence-corrected chi connectivity index (χ4v) is 1.96. The standard InChI is InChI=1S/C11H9FN2O3S/c12-8-3-6(10(15)16)1-2-9(8)13-4-7-5-18-11(17)14-7/h1-3,5,13H,4H2,(H,14,17)(H,15,16). The number of benzene rings is 1. The minimum absolute atomic E-state index is 0.109. The molecule has 94 valence electrons. The fraction of sp³-hybridized carbons (Fsp3) is 0.0909. The van der Waals surface area contributed by atoms with Crippen LogP contribution >= 0.6 is 11.3 Å². The first-order chi connectivity index (χ1) is 8.56. The van der Waals surface area contributed by atoms with E-state index in [1.807, 2.05) is 0 Å². The van der Waals surface area contributed by atoms with E-state index in [1.54, 1.807) is 5.38 Å². The number of aromatic amines is 1. The molecule has 0 aliphatic rings. The van der Waals surface area contributed by atoms with Crippen LogP contribution in [0.1, 0.15) is 16.1 Å². The van der Waals surface area contributed by atoms with Gasteiger partial charge in [-0.25, -0.2) is 9.18 Å². The van der Waals surface area contributed by atoms with Gasteiger partial charge in [-0.05, 0) is 18.2 Å². The molecule has 2 rings (SSSR count). The van der Waals surface area contributed by atoms with Gasteiger partial charge in [0.2, 0.25) is 0 Å². The van der Waals surface area contributed by atoms with Gasteiger partial charge in [-0.2, -0.15) is 0 Å². The number of carboxylic acids is 1. The zero-order valence-electron chi connectivity index (χ0n) is 9.07. The third-order valence-electron chi connectivity index (χ3n) is 2.26. The number of carboxylic acid groups (broad SMARTS) is 1. The van der Waals surface area contributed by atoms with Gasteiger partial charge < -0.3 is 15.4 Å². The second-order valence-electron chi connectivity index (χ2n) is 3.53. The molecule has 0 aliphatic carbocycles. The van der Waals surface area contributed by atoms with E-state index in [4.69, 9.17) is 5.11 Å². The lowest BCUT2D eigenvalue weighted by molar-refractivity contribution is 0.0696. The predicted molar refractivity (Wildman–Crippen MR) is 65.6 cm³/mol. The lowest BCUT2D eigenvalue weighted by Crippen LogP contribution is -2.05. The molecule has 0 amide bonds. The molecule has 5 nitrogen and oxygen atoms in total. The first kappa shape index (κ1) is 12.3. The van der Waals surface area contributed by atoms with E-state index in [1.165, 1.54) is 12.1 Å². The summed E-state index contributed by atoms with van der Waals surface area (Å²) >= 11 is 1.03. The van der Waals surface area contributed by atoms with E-state index < -0.39 is 11.8 Å². The van der Waals surface area contributed by atoms with Crippen LogP contribution < -0.4 is 10.2 Å². The van der Waals surface area contributed by atoms with Gasteiger partial charge in [0.25, 0.3) is 0 Å². The van der Waals surface area contributed by atoms with Gasteiger partial charge in [0.15, 0.2) is 0 Å². The third-order valence-corrected chi connectivity index (χ3v) is 2.97. The zero-order valence-corrected chi connectivity index (χ0v) is 9.88. The van der Waals surface area contributed by atoms with Crippen LogP contribution in [0, 0.1) is 5.82 Å². The van der Waals surface area contributed by atoms with Gasteiger partial charge in [-0.3, -0.25) is 4.79 Å². The van der Waals surface area contributed by atoms with Crippen molar-refractivity contribution in [2.24, 2.45) is 0 Å². The topological polar surface area (TPSA) is 82.2 Å². The molecule has 1 aromatic carbocycles. The molecule has 0 radical (unpaired) electrons. The van der Waals surface area contributed by atoms with Crippen LogP contribution in [0.3, 0.4) is 0 Å². The van der Waals surface area contributed by atoms with Crippen molar-refractivity contribution in [3.8, 4) is 0 Å². The first-order valence-corrected chi connectivity index (χ1v) is 5.87. The molecule has 0 spiro atoms. The molecular weight excluding hydrogens is 259 g/mol. The van der Waals surface area contributed by atoms with Crippen LogP contribution in [0.2, 0.25) is 0 Å². The molecule has 7 heteroatoms. The van der Waals surface area contributed by atoms with Crippen LogP contribution in [-0.2, 0) is 6.54 Å². The maximum absolute atomic E-state index is 13.5. The van der Waals surface area contributed by atoms with Gasteiger partial charge in [0.05, 0.1) is 17.8 Å². The summed E-state index contributed by atoms with van der Waals surface area (Å²) in [4.78, 5) is 23.9. The Bertz CT molecular complexity index is 635. The summed E-state index contributed by atoms with van der Waals surface area (Å²) in [5.74, 6) is -1.82. The second kappa shape index (κ2) is 5.01. The van der Waals surface area contributed by atoms with E-state index in [9.17, 15) is 14.0 Å². The average molecular weight is 268 g/mol. The molecule has 0 fully saturated rings. The Morgan fingerprint density at radius 1 is 1.50 bits per heavy atom. The van der Waals surface area contributed by atoms with Crippen LogP contribution in [-0.4, -0.2) is 16.1 Å². The number of H-pyrrole nitrogens is 1. The Kier molecular flexibility index (Phi) is 3.42. The Hall–Kier alpha value is -2.15. The minimum Gasteiger partial charge on any atom is -0.478 e. The lowest BCUT2D eigenvalue weighted by atomic mass is 10.2. The quantitative estimate of drug-likeness (QED) is 0.790. The third kappa shape index (κ3) is 2.75. The number of rotatable bonds is 4. The van der Waals surface area contributed by atoms with Crippen molar-refractivity contribution in [2.75, 3.05) is 5.32 Å². The summed E-state index contributed by atoms with van der Waals surface area (Å²) in [6, 6.07) is 3.61. The summed E-state index contributed by atoms with van der Waals surface area (Å²) in [5.41, 5.74) is 0.723. The molecule has 0 aliphatic heterocycles. The summed E-state index contributed by atoms with van der Waals surface area (Å²) in [5, 5.41) is 13.1. The number of carbonyl (C=O) groups is 1. The molecule has 2 aromatic rings. The normalized spacial score (nSPS) is 10.3. The largest absolute Gasteiger partial charge is 0.478 e. The Morgan fingerprint density at radius 3 is 2.83 bits per heavy atom. The van der Waals surface area contributed by atoms with Crippen molar-refractivity contribution in [1.82, 2.24) is 4.98 Å². The van der Waals surface area contributed by atoms with E-state index in [-0.39, 0.29) is 22.7 Å². The van der Waals surface area contributed by atoms with Gasteiger partial charge in [-0.15, -0.1) is 0 Å². The molecule has 0 saturated carbocycles. The van der Waals surface area contributed by atoms with Gasteiger partial charge >= 0.3 is 10.8 Å². The SMILES string of the molecule is O=C(O)c1ccc(NCc2csc(=O)[nH]2)c(F)c1. The summed E-state index contributed by atoms with van der Waals surface area (Å²) in [6.07, 6.45) is 0. The highest BCUT2D eigenvalue weighted by atomic mass is 32.1. The molecule has 1 heterocycles. The number of thiazole rings is 1. The molecule has 0 bridgehead atoms. The molecule has 0 atom stereocenters. The molecule has 0 unspecified atom stereocenters. The Morgan fingerprint density at radius 2 is 2.28 bits per heavy atom. The van der Waals surface area contributed by atoms with E-state index in [0.717, 1.165) is 17.4 Å². The molecule has 18 heavy (non-hydrogen) atoms. The van der Waals surface area contributed by atoms with Gasteiger partial charge in [0.1, 0.15) is 5.82 Å². The highest BCUT2D eigenvalue weighted by Crippen LogP contribution is 2.16. The highest BCUT2D eigenvalue weighted by Gasteiger charge is 2.08. The number of anilines is 1. The second-order valence-corrected chi connectivity index (χ2v) is 4.37. The number of aromatic nitrogens is 1. The van der Waals surface area contributed by atoms with Crippen molar-refractivity contribution in [1.29, 1.82) is 0 Å². The smallest absolute Gasteiger partial charge is 0.335 e. The summed E-state index contributed by atoms with van der Waals surface area (Å²) < 4.78 is 13.5. The highest BCUT2D eigenvalue weighted by molar-refractivity contribution is 7.07. The monoisotopic (exact) mass is 268 g/mol. The van der Waals surface area contributed by atoms with Gasteiger partial charge in [-0.1, -0.05) is 11.3 Å². The van der Waals surface area contributed by atoms with Crippen LogP contribution in [0.25, 0.3) is 0 Å². The van der Waals surface area contributed by atoms with Crippen LogP contribution in [0.15, 0.2) is 28.4 Å². The summed E-state index contributed by atoms with van der Waals surface area (Å²) in [6.45, 7) is 0.266. The fourth-order valence-electron chi connectivity index (χ4n) is 1.38. The van der Waals surface area contributed by atoms with E-state index in [2.05, 4.69) is 10.3 Å². The maximum Gasteiger partial charge on any atom is 0.335 e. The van der Waals surface area contributed by atoms with E-state index in [0.29, 0.717) is 5.69 Å². The minimum atomic E-state index is -1.18. The van der Waals surface area contributed by atoms with Crippen molar-refractivity contribution in [3.05, 3.63) is 50.3 Å². The van der Waals surface area contributed by atoms with Crippen LogP contribution in [0.4, 0.5) is 10.1 Å². The van der Waals surface area contributed by atoms with Crippen molar-refractivity contribution in [3.63, 3.8) is 0 Å². The summed E-state index contributed by atoms with van der Waals surface area (Å²) in [7, 11) is 0.